The summed E-state index contributed by atoms with van der Waals surface area (Å²) < 4.78 is 0. The molecule has 4 N–H and O–H groups in total. The van der Waals surface area contributed by atoms with Crippen LogP contribution in [0.4, 0.5) is 0 Å². The summed E-state index contributed by atoms with van der Waals surface area (Å²) >= 11 is 0. The molecular formula is C8H20O3. The van der Waals surface area contributed by atoms with Gasteiger partial charge in [0.1, 0.15) is 0 Å². The van der Waals surface area contributed by atoms with Crippen molar-refractivity contribution in [1.82, 2.24) is 0 Å². The molecule has 70 valence electrons. The Morgan fingerprint density at radius 3 is 1.64 bits per heavy atom. The van der Waals surface area contributed by atoms with Crippen LogP contribution >= 0.6 is 0 Å². The molecule has 0 rings (SSSR count). The summed E-state index contributed by atoms with van der Waals surface area (Å²) in [4.78, 5) is 0. The van der Waals surface area contributed by atoms with Gasteiger partial charge < -0.3 is 15.7 Å². The van der Waals surface area contributed by atoms with Gasteiger partial charge in [0.2, 0.25) is 0 Å². The Bertz CT molecular complexity index is 77.4. The van der Waals surface area contributed by atoms with Gasteiger partial charge in [-0.2, -0.15) is 0 Å². The van der Waals surface area contributed by atoms with Crippen molar-refractivity contribution in [1.29, 1.82) is 0 Å². The first kappa shape index (κ1) is 13.5. The van der Waals surface area contributed by atoms with E-state index in [1.807, 2.05) is 13.8 Å². The molecule has 0 amide bonds. The van der Waals surface area contributed by atoms with Crippen molar-refractivity contribution in [3.63, 3.8) is 0 Å². The van der Waals surface area contributed by atoms with Crippen molar-refractivity contribution < 1.29 is 15.7 Å². The van der Waals surface area contributed by atoms with Crippen molar-refractivity contribution in [2.45, 2.75) is 45.1 Å². The van der Waals surface area contributed by atoms with Gasteiger partial charge in [-0.1, -0.05) is 26.7 Å². The van der Waals surface area contributed by atoms with E-state index >= 15 is 0 Å². The maximum absolute atomic E-state index is 9.57. The molecule has 0 aliphatic rings. The zero-order chi connectivity index (χ0) is 8.04. The van der Waals surface area contributed by atoms with Crippen LogP contribution in [0.25, 0.3) is 0 Å². The van der Waals surface area contributed by atoms with Gasteiger partial charge in [0.05, 0.1) is 12.2 Å². The van der Waals surface area contributed by atoms with E-state index in [2.05, 4.69) is 0 Å². The first-order chi connectivity index (χ1) is 4.68. The molecule has 3 heteroatoms. The summed E-state index contributed by atoms with van der Waals surface area (Å²) in [5.41, 5.74) is -0.802. The maximum atomic E-state index is 9.57. The lowest BCUT2D eigenvalue weighted by atomic mass is 9.94. The third-order valence-electron chi connectivity index (χ3n) is 1.73. The number of aliphatic hydroxyl groups excluding tert-OH is 1. The molecule has 11 heavy (non-hydrogen) atoms. The second kappa shape index (κ2) is 6.58. The predicted octanol–water partition coefficient (Wildman–Crippen LogP) is 0.485. The van der Waals surface area contributed by atoms with Crippen molar-refractivity contribution in [2.24, 2.45) is 0 Å². The van der Waals surface area contributed by atoms with Gasteiger partial charge in [0.15, 0.2) is 0 Å². The van der Waals surface area contributed by atoms with Gasteiger partial charge in [0, 0.05) is 0 Å². The van der Waals surface area contributed by atoms with Crippen molar-refractivity contribution in [3.8, 4) is 0 Å². The average molecular weight is 164 g/mol. The van der Waals surface area contributed by atoms with E-state index in [9.17, 15) is 5.11 Å². The Morgan fingerprint density at radius 1 is 1.09 bits per heavy atom. The highest BCUT2D eigenvalue weighted by atomic mass is 16.3. The Kier molecular flexibility index (Phi) is 8.06. The highest BCUT2D eigenvalue weighted by Crippen LogP contribution is 2.17. The minimum atomic E-state index is -0.802. The topological polar surface area (TPSA) is 72.0 Å². The molecule has 0 spiro atoms. The second-order valence-electron chi connectivity index (χ2n) is 2.88. The summed E-state index contributed by atoms with van der Waals surface area (Å²) in [6, 6.07) is 0. The lowest BCUT2D eigenvalue weighted by Crippen LogP contribution is -2.32. The van der Waals surface area contributed by atoms with Crippen LogP contribution in [0, 0.1) is 0 Å². The molecule has 0 saturated heterocycles. The first-order valence-corrected chi connectivity index (χ1v) is 4.01. The minimum absolute atomic E-state index is 0. The van der Waals surface area contributed by atoms with E-state index in [0.717, 1.165) is 12.8 Å². The van der Waals surface area contributed by atoms with Crippen LogP contribution in [0.2, 0.25) is 0 Å². The molecule has 0 aliphatic carbocycles. The Labute approximate surface area is 68.4 Å². The fourth-order valence-electron chi connectivity index (χ4n) is 1.21. The number of hydrogen-bond donors (Lipinski definition) is 2. The fourth-order valence-corrected chi connectivity index (χ4v) is 1.21. The van der Waals surface area contributed by atoms with E-state index in [0.29, 0.717) is 12.8 Å². The molecule has 0 aromatic heterocycles. The van der Waals surface area contributed by atoms with E-state index < -0.39 is 5.60 Å². The van der Waals surface area contributed by atoms with Crippen LogP contribution in [0.15, 0.2) is 0 Å². The van der Waals surface area contributed by atoms with E-state index in [1.54, 1.807) is 0 Å². The molecule has 0 aromatic rings. The highest BCUT2D eigenvalue weighted by Gasteiger charge is 2.22. The quantitative estimate of drug-likeness (QED) is 0.620. The molecule has 0 unspecified atom stereocenters. The normalized spacial score (nSPS) is 10.9. The monoisotopic (exact) mass is 164 g/mol. The Morgan fingerprint density at radius 2 is 1.45 bits per heavy atom. The molecule has 0 saturated carbocycles. The molecule has 0 bridgehead atoms. The van der Waals surface area contributed by atoms with Crippen LogP contribution in [0.5, 0.6) is 0 Å². The second-order valence-corrected chi connectivity index (χ2v) is 2.88. The first-order valence-electron chi connectivity index (χ1n) is 4.01. The Hall–Kier alpha value is -0.120. The number of hydrogen-bond acceptors (Lipinski definition) is 2. The summed E-state index contributed by atoms with van der Waals surface area (Å²) in [7, 11) is 0. The highest BCUT2D eigenvalue weighted by molar-refractivity contribution is 4.75. The maximum Gasteiger partial charge on any atom is 0.0877 e. The van der Waals surface area contributed by atoms with E-state index in [1.165, 1.54) is 0 Å². The molecule has 0 radical (unpaired) electrons. The fraction of sp³-hybridized carbons (Fsp3) is 1.00. The summed E-state index contributed by atoms with van der Waals surface area (Å²) in [6.07, 6.45) is 3.27. The third kappa shape index (κ3) is 5.18. The average Bonchev–Trinajstić information content (AvgIpc) is 1.89. The largest absolute Gasteiger partial charge is 0.412 e. The number of rotatable bonds is 5. The molecule has 0 aliphatic heterocycles. The molecule has 3 nitrogen and oxygen atoms in total. The molecule has 0 atom stereocenters. The van der Waals surface area contributed by atoms with Gasteiger partial charge in [0.25, 0.3) is 0 Å². The van der Waals surface area contributed by atoms with Gasteiger partial charge >= 0.3 is 0 Å². The summed E-state index contributed by atoms with van der Waals surface area (Å²) in [5, 5.41) is 18.4. The van der Waals surface area contributed by atoms with Crippen LogP contribution in [0.1, 0.15) is 39.5 Å². The van der Waals surface area contributed by atoms with Gasteiger partial charge in [-0.25, -0.2) is 0 Å². The van der Waals surface area contributed by atoms with Gasteiger partial charge in [-0.05, 0) is 12.8 Å². The van der Waals surface area contributed by atoms with Crippen LogP contribution in [0.3, 0.4) is 0 Å². The zero-order valence-electron chi connectivity index (χ0n) is 7.43. The van der Waals surface area contributed by atoms with Gasteiger partial charge in [-0.15, -0.1) is 0 Å². The van der Waals surface area contributed by atoms with Crippen LogP contribution in [-0.4, -0.2) is 27.9 Å². The number of aliphatic hydroxyl groups is 2. The molecular weight excluding hydrogens is 144 g/mol. The molecule has 0 fully saturated rings. The molecule has 0 heterocycles. The standard InChI is InChI=1S/C8H18O2.H2O/c1-3-5-8(10,7-9)6-4-2;/h9-10H,3-7H2,1-2H3;1H2. The molecule has 0 aromatic carbocycles. The van der Waals surface area contributed by atoms with E-state index in [-0.39, 0.29) is 12.1 Å². The predicted molar refractivity (Wildman–Crippen MR) is 45.5 cm³/mol. The van der Waals surface area contributed by atoms with Crippen molar-refractivity contribution >= 4 is 0 Å². The summed E-state index contributed by atoms with van der Waals surface area (Å²) in [6.45, 7) is 3.92. The lowest BCUT2D eigenvalue weighted by molar-refractivity contribution is -0.0288. The minimum Gasteiger partial charge on any atom is -0.412 e. The summed E-state index contributed by atoms with van der Waals surface area (Å²) in [5.74, 6) is 0. The Balaban J connectivity index is 0. The van der Waals surface area contributed by atoms with Gasteiger partial charge in [-0.3, -0.25) is 0 Å². The van der Waals surface area contributed by atoms with Crippen LogP contribution in [-0.2, 0) is 0 Å². The SMILES string of the molecule is CCCC(O)(CO)CCC.O. The third-order valence-corrected chi connectivity index (χ3v) is 1.73. The van der Waals surface area contributed by atoms with E-state index in [4.69, 9.17) is 5.11 Å². The zero-order valence-corrected chi connectivity index (χ0v) is 7.43. The van der Waals surface area contributed by atoms with Crippen LogP contribution < -0.4 is 0 Å². The van der Waals surface area contributed by atoms with Crippen molar-refractivity contribution in [3.05, 3.63) is 0 Å². The smallest absolute Gasteiger partial charge is 0.0877 e. The lowest BCUT2D eigenvalue weighted by Gasteiger charge is -2.24. The van der Waals surface area contributed by atoms with Crippen molar-refractivity contribution in [2.75, 3.05) is 6.61 Å².